The van der Waals surface area contributed by atoms with E-state index in [1.54, 1.807) is 0 Å². The summed E-state index contributed by atoms with van der Waals surface area (Å²) in [6.45, 7) is 8.47. The number of nitrogens with one attached hydrogen (secondary N) is 1. The summed E-state index contributed by atoms with van der Waals surface area (Å²) in [6.07, 6.45) is 3.02. The Bertz CT molecular complexity index is 733. The molecule has 1 aliphatic heterocycles. The van der Waals surface area contributed by atoms with Crippen LogP contribution < -0.4 is 5.32 Å². The van der Waals surface area contributed by atoms with Gasteiger partial charge in [0, 0.05) is 30.8 Å². The summed E-state index contributed by atoms with van der Waals surface area (Å²) >= 11 is 0. The molecule has 1 aromatic carbocycles. The van der Waals surface area contributed by atoms with Crippen LogP contribution in [0.1, 0.15) is 54.3 Å². The van der Waals surface area contributed by atoms with Crippen LogP contribution in [0.5, 0.6) is 0 Å². The van der Waals surface area contributed by atoms with Crippen LogP contribution in [0, 0.1) is 12.8 Å². The summed E-state index contributed by atoms with van der Waals surface area (Å²) in [5, 5.41) is 7.31. The maximum atomic E-state index is 12.5. The van der Waals surface area contributed by atoms with Crippen molar-refractivity contribution in [3.63, 3.8) is 0 Å². The van der Waals surface area contributed by atoms with Gasteiger partial charge in [0.15, 0.2) is 5.82 Å². The van der Waals surface area contributed by atoms with Gasteiger partial charge in [-0.2, -0.15) is 4.98 Å². The van der Waals surface area contributed by atoms with Crippen LogP contribution in [0.15, 0.2) is 22.7 Å². The molecular weight excluding hydrogens is 316 g/mol. The summed E-state index contributed by atoms with van der Waals surface area (Å²) in [4.78, 5) is 18.8. The van der Waals surface area contributed by atoms with E-state index in [1.165, 1.54) is 0 Å². The normalized spacial score (nSPS) is 14.3. The fourth-order valence-electron chi connectivity index (χ4n) is 3.08. The number of aromatic nitrogens is 2. The number of nitrogens with zero attached hydrogens (tertiary/aromatic N) is 3. The number of hydrogen-bond acceptors (Lipinski definition) is 5. The highest BCUT2D eigenvalue weighted by molar-refractivity contribution is 5.95. The minimum Gasteiger partial charge on any atom is -0.376 e. The number of carbonyl (C=O) groups is 1. The summed E-state index contributed by atoms with van der Waals surface area (Å²) < 4.78 is 5.27. The average Bonchev–Trinajstić information content (AvgIpc) is 3.24. The van der Waals surface area contributed by atoms with Crippen molar-refractivity contribution in [3.05, 3.63) is 41.0 Å². The first kappa shape index (κ1) is 17.5. The molecule has 0 spiro atoms. The van der Waals surface area contributed by atoms with Gasteiger partial charge in [-0.25, -0.2) is 0 Å². The van der Waals surface area contributed by atoms with Gasteiger partial charge < -0.3 is 14.7 Å². The van der Waals surface area contributed by atoms with Gasteiger partial charge >= 0.3 is 0 Å². The third-order valence-corrected chi connectivity index (χ3v) is 4.40. The maximum Gasteiger partial charge on any atom is 0.253 e. The lowest BCUT2D eigenvalue weighted by atomic mass is 10.1. The first-order valence-corrected chi connectivity index (χ1v) is 8.98. The van der Waals surface area contributed by atoms with Crippen LogP contribution in [0.4, 0.5) is 5.69 Å². The summed E-state index contributed by atoms with van der Waals surface area (Å²) in [5.41, 5.74) is 2.76. The van der Waals surface area contributed by atoms with Gasteiger partial charge in [0.05, 0.1) is 6.54 Å². The smallest absolute Gasteiger partial charge is 0.253 e. The van der Waals surface area contributed by atoms with Gasteiger partial charge in [-0.05, 0) is 49.4 Å². The van der Waals surface area contributed by atoms with Crippen LogP contribution in [0.2, 0.25) is 0 Å². The van der Waals surface area contributed by atoms with Crippen molar-refractivity contribution in [3.8, 4) is 0 Å². The molecule has 1 saturated heterocycles. The molecule has 134 valence electrons. The van der Waals surface area contributed by atoms with Crippen molar-refractivity contribution < 1.29 is 9.32 Å². The molecule has 0 radical (unpaired) electrons. The van der Waals surface area contributed by atoms with Crippen molar-refractivity contribution >= 4 is 11.6 Å². The Labute approximate surface area is 148 Å². The Balaban J connectivity index is 1.61. The number of likely N-dealkylation sites (tertiary alicyclic amines) is 1. The van der Waals surface area contributed by atoms with Crippen LogP contribution in [0.3, 0.4) is 0 Å². The van der Waals surface area contributed by atoms with E-state index in [2.05, 4.69) is 29.3 Å². The SMILES string of the molecule is Cc1cc(C(=O)N2CCCC2)ccc1NCc1nc(CC(C)C)no1. The molecule has 1 aromatic heterocycles. The molecule has 2 aromatic rings. The Hall–Kier alpha value is -2.37. The second kappa shape index (κ2) is 7.68. The first-order valence-electron chi connectivity index (χ1n) is 8.98. The molecule has 25 heavy (non-hydrogen) atoms. The molecule has 0 unspecified atom stereocenters. The highest BCUT2D eigenvalue weighted by Gasteiger charge is 2.19. The minimum atomic E-state index is 0.127. The molecule has 0 atom stereocenters. The monoisotopic (exact) mass is 342 g/mol. The van der Waals surface area contributed by atoms with E-state index >= 15 is 0 Å². The lowest BCUT2D eigenvalue weighted by Crippen LogP contribution is -2.27. The van der Waals surface area contributed by atoms with Crippen molar-refractivity contribution in [2.45, 2.75) is 46.6 Å². The van der Waals surface area contributed by atoms with E-state index in [9.17, 15) is 4.79 Å². The molecule has 0 saturated carbocycles. The van der Waals surface area contributed by atoms with Crippen molar-refractivity contribution in [1.29, 1.82) is 0 Å². The quantitative estimate of drug-likeness (QED) is 0.871. The van der Waals surface area contributed by atoms with Crippen molar-refractivity contribution in [1.82, 2.24) is 15.0 Å². The largest absolute Gasteiger partial charge is 0.376 e. The van der Waals surface area contributed by atoms with E-state index in [4.69, 9.17) is 4.52 Å². The third-order valence-electron chi connectivity index (χ3n) is 4.40. The lowest BCUT2D eigenvalue weighted by Gasteiger charge is -2.16. The predicted molar refractivity (Wildman–Crippen MR) is 96.5 cm³/mol. The fourth-order valence-corrected chi connectivity index (χ4v) is 3.08. The third kappa shape index (κ3) is 4.38. The van der Waals surface area contributed by atoms with Crippen molar-refractivity contribution in [2.75, 3.05) is 18.4 Å². The molecule has 1 fully saturated rings. The van der Waals surface area contributed by atoms with Gasteiger partial charge in [0.25, 0.3) is 5.91 Å². The minimum absolute atomic E-state index is 0.127. The van der Waals surface area contributed by atoms with E-state index in [0.717, 1.165) is 55.0 Å². The molecule has 2 heterocycles. The molecule has 6 heteroatoms. The number of hydrogen-bond donors (Lipinski definition) is 1. The van der Waals surface area contributed by atoms with Gasteiger partial charge in [0.1, 0.15) is 0 Å². The van der Waals surface area contributed by atoms with Crippen LogP contribution in [0.25, 0.3) is 0 Å². The number of aryl methyl sites for hydroxylation is 1. The summed E-state index contributed by atoms with van der Waals surface area (Å²) in [5.74, 6) is 1.95. The molecular formula is C19H26N4O2. The topological polar surface area (TPSA) is 71.3 Å². The Morgan fingerprint density at radius 3 is 2.76 bits per heavy atom. The van der Waals surface area contributed by atoms with Gasteiger partial charge in [-0.1, -0.05) is 19.0 Å². The molecule has 6 nitrogen and oxygen atoms in total. The van der Waals surface area contributed by atoms with E-state index < -0.39 is 0 Å². The molecule has 1 amide bonds. The van der Waals surface area contributed by atoms with Gasteiger partial charge in [0.2, 0.25) is 5.89 Å². The average molecular weight is 342 g/mol. The number of rotatable bonds is 6. The van der Waals surface area contributed by atoms with Gasteiger partial charge in [-0.15, -0.1) is 0 Å². The van der Waals surface area contributed by atoms with E-state index in [-0.39, 0.29) is 5.91 Å². The maximum absolute atomic E-state index is 12.5. The van der Waals surface area contributed by atoms with Crippen LogP contribution >= 0.6 is 0 Å². The molecule has 1 N–H and O–H groups in total. The second-order valence-electron chi connectivity index (χ2n) is 7.08. The molecule has 0 aliphatic carbocycles. The molecule has 0 bridgehead atoms. The zero-order valence-electron chi connectivity index (χ0n) is 15.2. The zero-order chi connectivity index (χ0) is 17.8. The highest BCUT2D eigenvalue weighted by Crippen LogP contribution is 2.20. The number of anilines is 1. The van der Waals surface area contributed by atoms with E-state index in [0.29, 0.717) is 18.4 Å². The Morgan fingerprint density at radius 2 is 2.08 bits per heavy atom. The standard InChI is InChI=1S/C19H26N4O2/c1-13(2)10-17-21-18(25-22-17)12-20-16-7-6-15(11-14(16)3)19(24)23-8-4-5-9-23/h6-7,11,13,20H,4-5,8-10,12H2,1-3H3. The van der Waals surface area contributed by atoms with Crippen LogP contribution in [-0.2, 0) is 13.0 Å². The Kier molecular flexibility index (Phi) is 5.36. The van der Waals surface area contributed by atoms with Crippen molar-refractivity contribution in [2.24, 2.45) is 5.92 Å². The second-order valence-corrected chi connectivity index (χ2v) is 7.08. The summed E-state index contributed by atoms with van der Waals surface area (Å²) in [7, 11) is 0. The highest BCUT2D eigenvalue weighted by atomic mass is 16.5. The fraction of sp³-hybridized carbons (Fsp3) is 0.526. The lowest BCUT2D eigenvalue weighted by molar-refractivity contribution is 0.0793. The molecule has 1 aliphatic rings. The molecule has 3 rings (SSSR count). The van der Waals surface area contributed by atoms with Gasteiger partial charge in [-0.3, -0.25) is 4.79 Å². The number of carbonyl (C=O) groups excluding carboxylic acids is 1. The number of amides is 1. The summed E-state index contributed by atoms with van der Waals surface area (Å²) in [6, 6.07) is 5.78. The Morgan fingerprint density at radius 1 is 1.32 bits per heavy atom. The number of benzene rings is 1. The predicted octanol–water partition coefficient (Wildman–Crippen LogP) is 3.42. The first-order chi connectivity index (χ1) is 12.0. The zero-order valence-corrected chi connectivity index (χ0v) is 15.2. The van der Waals surface area contributed by atoms with Crippen LogP contribution in [-0.4, -0.2) is 34.0 Å². The van der Waals surface area contributed by atoms with E-state index in [1.807, 2.05) is 30.0 Å².